The zero-order valence-corrected chi connectivity index (χ0v) is 11.6. The number of anilines is 1. The molecule has 0 radical (unpaired) electrons. The van der Waals surface area contributed by atoms with Gasteiger partial charge in [0.1, 0.15) is 5.82 Å². The molecule has 1 aliphatic carbocycles. The number of hydrogen-bond acceptors (Lipinski definition) is 2. The van der Waals surface area contributed by atoms with Crippen molar-refractivity contribution < 1.29 is 4.79 Å². The smallest absolute Gasteiger partial charge is 0.233 e. The van der Waals surface area contributed by atoms with Crippen molar-refractivity contribution in [3.63, 3.8) is 0 Å². The highest BCUT2D eigenvalue weighted by atomic mass is 16.1. The van der Waals surface area contributed by atoms with Gasteiger partial charge in [0.05, 0.1) is 5.92 Å². The molecular weight excluding hydrogens is 248 g/mol. The van der Waals surface area contributed by atoms with Crippen molar-refractivity contribution in [2.45, 2.75) is 32.1 Å². The van der Waals surface area contributed by atoms with E-state index in [0.29, 0.717) is 5.82 Å². The standard InChI is InChI=1S/C17H18N2O/c1-12-6-5-11-18-16(12)19-17(20)15-10-4-8-13-7-2-3-9-14(13)15/h2-3,5-7,9,11,15H,4,8,10H2,1H3,(H,18,19,20). The van der Waals surface area contributed by atoms with E-state index in [9.17, 15) is 4.79 Å². The summed E-state index contributed by atoms with van der Waals surface area (Å²) in [5, 5.41) is 2.97. The summed E-state index contributed by atoms with van der Waals surface area (Å²) in [7, 11) is 0. The first-order chi connectivity index (χ1) is 9.75. The number of carbonyl (C=O) groups excluding carboxylic acids is 1. The first-order valence-corrected chi connectivity index (χ1v) is 7.06. The second kappa shape index (κ2) is 5.45. The summed E-state index contributed by atoms with van der Waals surface area (Å²) in [6.07, 6.45) is 4.75. The van der Waals surface area contributed by atoms with Crippen LogP contribution in [0.4, 0.5) is 5.82 Å². The average Bonchev–Trinajstić information content (AvgIpc) is 2.49. The van der Waals surface area contributed by atoms with Crippen LogP contribution in [0.5, 0.6) is 0 Å². The predicted octanol–water partition coefficient (Wildman–Crippen LogP) is 3.45. The molecule has 1 atom stereocenters. The number of pyridine rings is 1. The number of aromatic nitrogens is 1. The molecule has 102 valence electrons. The largest absolute Gasteiger partial charge is 0.310 e. The lowest BCUT2D eigenvalue weighted by Gasteiger charge is -2.24. The third kappa shape index (κ3) is 2.44. The summed E-state index contributed by atoms with van der Waals surface area (Å²) in [4.78, 5) is 16.8. The number of rotatable bonds is 2. The molecule has 20 heavy (non-hydrogen) atoms. The Bertz CT molecular complexity index is 636. The number of benzene rings is 1. The molecule has 1 unspecified atom stereocenters. The monoisotopic (exact) mass is 266 g/mol. The van der Waals surface area contributed by atoms with Gasteiger partial charge in [0.15, 0.2) is 0 Å². The quantitative estimate of drug-likeness (QED) is 0.904. The molecule has 0 saturated heterocycles. The minimum absolute atomic E-state index is 0.0543. The maximum absolute atomic E-state index is 12.5. The molecule has 0 spiro atoms. The van der Waals surface area contributed by atoms with Gasteiger partial charge in [-0.15, -0.1) is 0 Å². The Kier molecular flexibility index (Phi) is 3.50. The molecule has 0 bridgehead atoms. The highest BCUT2D eigenvalue weighted by molar-refractivity contribution is 5.96. The first-order valence-electron chi connectivity index (χ1n) is 7.06. The number of amides is 1. The zero-order valence-electron chi connectivity index (χ0n) is 11.6. The fourth-order valence-corrected chi connectivity index (χ4v) is 2.85. The number of nitrogens with zero attached hydrogens (tertiary/aromatic N) is 1. The van der Waals surface area contributed by atoms with Crippen LogP contribution in [0.3, 0.4) is 0 Å². The van der Waals surface area contributed by atoms with Crippen LogP contribution in [0.2, 0.25) is 0 Å². The summed E-state index contributed by atoms with van der Waals surface area (Å²) in [6.45, 7) is 1.96. The molecule has 1 aromatic carbocycles. The van der Waals surface area contributed by atoms with E-state index in [2.05, 4.69) is 22.4 Å². The number of carbonyl (C=O) groups is 1. The van der Waals surface area contributed by atoms with Gasteiger partial charge in [-0.1, -0.05) is 30.3 Å². The Labute approximate surface area is 119 Å². The molecule has 3 heteroatoms. The van der Waals surface area contributed by atoms with Crippen molar-refractivity contribution in [2.24, 2.45) is 0 Å². The fourth-order valence-electron chi connectivity index (χ4n) is 2.85. The fraction of sp³-hybridized carbons (Fsp3) is 0.294. The summed E-state index contributed by atoms with van der Waals surface area (Å²) >= 11 is 0. The maximum atomic E-state index is 12.5. The molecular formula is C17H18N2O. The summed E-state index contributed by atoms with van der Waals surface area (Å²) in [5.41, 5.74) is 3.46. The lowest BCUT2D eigenvalue weighted by Crippen LogP contribution is -2.25. The molecule has 1 N–H and O–H groups in total. The van der Waals surface area contributed by atoms with Crippen LogP contribution in [0.1, 0.15) is 35.4 Å². The first kappa shape index (κ1) is 12.9. The van der Waals surface area contributed by atoms with Crippen LogP contribution in [-0.4, -0.2) is 10.9 Å². The minimum atomic E-state index is -0.0543. The van der Waals surface area contributed by atoms with Gasteiger partial charge in [0.2, 0.25) is 5.91 Å². The van der Waals surface area contributed by atoms with Crippen LogP contribution in [0, 0.1) is 6.92 Å². The van der Waals surface area contributed by atoms with Crippen molar-refractivity contribution in [3.05, 3.63) is 59.3 Å². The SMILES string of the molecule is Cc1cccnc1NC(=O)C1CCCc2ccccc21. The van der Waals surface area contributed by atoms with E-state index < -0.39 is 0 Å². The van der Waals surface area contributed by atoms with E-state index in [1.807, 2.05) is 31.2 Å². The zero-order chi connectivity index (χ0) is 13.9. The third-order valence-electron chi connectivity index (χ3n) is 3.94. The number of aryl methyl sites for hydroxylation is 2. The lowest BCUT2D eigenvalue weighted by atomic mass is 9.82. The average molecular weight is 266 g/mol. The van der Waals surface area contributed by atoms with Gasteiger partial charge in [-0.25, -0.2) is 4.98 Å². The number of nitrogens with one attached hydrogen (secondary N) is 1. The van der Waals surface area contributed by atoms with E-state index >= 15 is 0 Å². The van der Waals surface area contributed by atoms with E-state index in [-0.39, 0.29) is 11.8 Å². The van der Waals surface area contributed by atoms with E-state index in [1.165, 1.54) is 11.1 Å². The Morgan fingerprint density at radius 1 is 1.25 bits per heavy atom. The summed E-state index contributed by atoms with van der Waals surface area (Å²) in [6, 6.07) is 12.1. The van der Waals surface area contributed by atoms with Crippen molar-refractivity contribution in [2.75, 3.05) is 5.32 Å². The van der Waals surface area contributed by atoms with Gasteiger partial charge in [-0.2, -0.15) is 0 Å². The van der Waals surface area contributed by atoms with Crippen LogP contribution >= 0.6 is 0 Å². The van der Waals surface area contributed by atoms with Crippen LogP contribution in [0.25, 0.3) is 0 Å². The molecule has 1 aromatic heterocycles. The second-order valence-electron chi connectivity index (χ2n) is 5.30. The van der Waals surface area contributed by atoms with E-state index in [1.54, 1.807) is 6.20 Å². The molecule has 3 nitrogen and oxygen atoms in total. The molecule has 1 amide bonds. The Balaban J connectivity index is 1.84. The van der Waals surface area contributed by atoms with Gasteiger partial charge in [-0.05, 0) is 48.9 Å². The molecule has 2 aromatic rings. The van der Waals surface area contributed by atoms with Crippen molar-refractivity contribution >= 4 is 11.7 Å². The van der Waals surface area contributed by atoms with Crippen molar-refractivity contribution in [3.8, 4) is 0 Å². The summed E-state index contributed by atoms with van der Waals surface area (Å²) in [5.74, 6) is 0.667. The normalized spacial score (nSPS) is 17.4. The Hall–Kier alpha value is -2.16. The summed E-state index contributed by atoms with van der Waals surface area (Å²) < 4.78 is 0. The molecule has 0 aliphatic heterocycles. The van der Waals surface area contributed by atoms with Crippen molar-refractivity contribution in [1.82, 2.24) is 4.98 Å². The minimum Gasteiger partial charge on any atom is -0.310 e. The highest BCUT2D eigenvalue weighted by Gasteiger charge is 2.26. The van der Waals surface area contributed by atoms with Gasteiger partial charge >= 0.3 is 0 Å². The Morgan fingerprint density at radius 2 is 2.10 bits per heavy atom. The number of hydrogen-bond donors (Lipinski definition) is 1. The molecule has 3 rings (SSSR count). The van der Waals surface area contributed by atoms with Crippen LogP contribution in [0.15, 0.2) is 42.6 Å². The highest BCUT2D eigenvalue weighted by Crippen LogP contribution is 2.32. The van der Waals surface area contributed by atoms with Crippen LogP contribution < -0.4 is 5.32 Å². The van der Waals surface area contributed by atoms with E-state index in [4.69, 9.17) is 0 Å². The predicted molar refractivity (Wildman–Crippen MR) is 79.7 cm³/mol. The van der Waals surface area contributed by atoms with Gasteiger partial charge < -0.3 is 5.32 Å². The molecule has 0 saturated carbocycles. The van der Waals surface area contributed by atoms with Gasteiger partial charge in [-0.3, -0.25) is 4.79 Å². The molecule has 1 heterocycles. The van der Waals surface area contributed by atoms with Crippen LogP contribution in [-0.2, 0) is 11.2 Å². The van der Waals surface area contributed by atoms with Gasteiger partial charge in [0.25, 0.3) is 0 Å². The molecule has 0 fully saturated rings. The van der Waals surface area contributed by atoms with Gasteiger partial charge in [0, 0.05) is 6.20 Å². The Morgan fingerprint density at radius 3 is 2.95 bits per heavy atom. The van der Waals surface area contributed by atoms with E-state index in [0.717, 1.165) is 24.8 Å². The number of fused-ring (bicyclic) bond motifs is 1. The van der Waals surface area contributed by atoms with Crippen molar-refractivity contribution in [1.29, 1.82) is 0 Å². The topological polar surface area (TPSA) is 42.0 Å². The second-order valence-corrected chi connectivity index (χ2v) is 5.30. The third-order valence-corrected chi connectivity index (χ3v) is 3.94. The maximum Gasteiger partial charge on any atom is 0.233 e. The lowest BCUT2D eigenvalue weighted by molar-refractivity contribution is -0.117. The molecule has 1 aliphatic rings.